The standard InChI is InChI=1S/C13H16FN3O4/c14-9-3-4-10(12(8-9)17(20)21)15-11-2-1-5-16(6-7-18)13(11)19/h3-4,8,11,15,18H,1-2,5-7H2. The molecule has 1 saturated heterocycles. The van der Waals surface area contributed by atoms with Crippen molar-refractivity contribution in [3.05, 3.63) is 34.1 Å². The summed E-state index contributed by atoms with van der Waals surface area (Å²) < 4.78 is 13.1. The molecular formula is C13H16FN3O4. The zero-order chi connectivity index (χ0) is 15.4. The van der Waals surface area contributed by atoms with E-state index in [1.807, 2.05) is 0 Å². The summed E-state index contributed by atoms with van der Waals surface area (Å²) in [5.74, 6) is -0.918. The van der Waals surface area contributed by atoms with Gasteiger partial charge in [0.15, 0.2) is 0 Å². The van der Waals surface area contributed by atoms with E-state index in [0.717, 1.165) is 18.6 Å². The molecule has 1 heterocycles. The molecule has 1 atom stereocenters. The fourth-order valence-corrected chi connectivity index (χ4v) is 2.38. The molecule has 0 bridgehead atoms. The molecule has 1 unspecified atom stereocenters. The molecule has 0 spiro atoms. The summed E-state index contributed by atoms with van der Waals surface area (Å²) in [5.41, 5.74) is -0.285. The second kappa shape index (κ2) is 6.49. The highest BCUT2D eigenvalue weighted by Gasteiger charge is 2.29. The molecule has 1 fully saturated rings. The Balaban J connectivity index is 2.17. The molecule has 0 saturated carbocycles. The van der Waals surface area contributed by atoms with Crippen molar-refractivity contribution in [2.24, 2.45) is 0 Å². The lowest BCUT2D eigenvalue weighted by molar-refractivity contribution is -0.384. The molecule has 7 nitrogen and oxygen atoms in total. The van der Waals surface area contributed by atoms with Gasteiger partial charge in [0.1, 0.15) is 17.5 Å². The Morgan fingerprint density at radius 1 is 1.52 bits per heavy atom. The number of aliphatic hydroxyl groups excluding tert-OH is 1. The van der Waals surface area contributed by atoms with Gasteiger partial charge in [0.25, 0.3) is 5.69 Å². The predicted octanol–water partition coefficient (Wildman–Crippen LogP) is 1.13. The SMILES string of the molecule is O=C1C(Nc2ccc(F)cc2[N+](=O)[O-])CCCN1CCO. The molecule has 8 heteroatoms. The van der Waals surface area contributed by atoms with Gasteiger partial charge in [-0.3, -0.25) is 14.9 Å². The number of nitro benzene ring substituents is 1. The predicted molar refractivity (Wildman–Crippen MR) is 73.4 cm³/mol. The number of rotatable bonds is 5. The molecule has 1 aliphatic heterocycles. The van der Waals surface area contributed by atoms with Crippen molar-refractivity contribution >= 4 is 17.3 Å². The van der Waals surface area contributed by atoms with Crippen LogP contribution in [0.2, 0.25) is 0 Å². The maximum atomic E-state index is 13.1. The maximum Gasteiger partial charge on any atom is 0.295 e. The van der Waals surface area contributed by atoms with Crippen LogP contribution >= 0.6 is 0 Å². The van der Waals surface area contributed by atoms with Crippen LogP contribution in [0.25, 0.3) is 0 Å². The summed E-state index contributed by atoms with van der Waals surface area (Å²) in [6.45, 7) is 0.667. The highest BCUT2D eigenvalue weighted by atomic mass is 19.1. The van der Waals surface area contributed by atoms with E-state index in [0.29, 0.717) is 13.0 Å². The van der Waals surface area contributed by atoms with Crippen LogP contribution in [0.3, 0.4) is 0 Å². The molecule has 21 heavy (non-hydrogen) atoms. The number of benzene rings is 1. The molecule has 1 aromatic carbocycles. The first-order valence-electron chi connectivity index (χ1n) is 6.63. The van der Waals surface area contributed by atoms with E-state index in [9.17, 15) is 19.3 Å². The minimum atomic E-state index is -0.705. The third-order valence-corrected chi connectivity index (χ3v) is 3.39. The summed E-state index contributed by atoms with van der Waals surface area (Å²) in [7, 11) is 0. The zero-order valence-electron chi connectivity index (χ0n) is 11.3. The number of aliphatic hydroxyl groups is 1. The van der Waals surface area contributed by atoms with Gasteiger partial charge in [0, 0.05) is 13.1 Å². The fourth-order valence-electron chi connectivity index (χ4n) is 2.38. The average molecular weight is 297 g/mol. The van der Waals surface area contributed by atoms with E-state index < -0.39 is 22.5 Å². The van der Waals surface area contributed by atoms with E-state index >= 15 is 0 Å². The summed E-state index contributed by atoms with van der Waals surface area (Å²) >= 11 is 0. The molecule has 1 aliphatic rings. The van der Waals surface area contributed by atoms with Gasteiger partial charge in [-0.25, -0.2) is 4.39 Å². The number of piperidine rings is 1. The Hall–Kier alpha value is -2.22. The van der Waals surface area contributed by atoms with Crippen LogP contribution in [0.15, 0.2) is 18.2 Å². The normalized spacial score (nSPS) is 18.7. The van der Waals surface area contributed by atoms with Gasteiger partial charge in [-0.15, -0.1) is 0 Å². The third kappa shape index (κ3) is 3.46. The Morgan fingerprint density at radius 3 is 2.95 bits per heavy atom. The number of hydrogen-bond donors (Lipinski definition) is 2. The van der Waals surface area contributed by atoms with Gasteiger partial charge < -0.3 is 15.3 Å². The van der Waals surface area contributed by atoms with Crippen molar-refractivity contribution in [1.82, 2.24) is 4.90 Å². The van der Waals surface area contributed by atoms with Gasteiger partial charge in [-0.05, 0) is 25.0 Å². The van der Waals surface area contributed by atoms with Gasteiger partial charge in [-0.2, -0.15) is 0 Å². The van der Waals surface area contributed by atoms with E-state index in [1.54, 1.807) is 0 Å². The first kappa shape index (κ1) is 15.2. The molecule has 114 valence electrons. The molecule has 1 amide bonds. The summed E-state index contributed by atoms with van der Waals surface area (Å²) in [5, 5.41) is 22.7. The number of hydrogen-bond acceptors (Lipinski definition) is 5. The monoisotopic (exact) mass is 297 g/mol. The van der Waals surface area contributed by atoms with Crippen molar-refractivity contribution in [2.75, 3.05) is 25.0 Å². The number of carbonyl (C=O) groups is 1. The Kier molecular flexibility index (Phi) is 4.69. The first-order valence-corrected chi connectivity index (χ1v) is 6.63. The molecule has 0 aliphatic carbocycles. The van der Waals surface area contributed by atoms with Crippen LogP contribution in [0.1, 0.15) is 12.8 Å². The fraction of sp³-hybridized carbons (Fsp3) is 0.462. The summed E-state index contributed by atoms with van der Waals surface area (Å²) in [4.78, 5) is 23.9. The number of likely N-dealkylation sites (tertiary alicyclic amines) is 1. The number of nitrogens with zero attached hydrogens (tertiary/aromatic N) is 2. The van der Waals surface area contributed by atoms with Crippen LogP contribution in [-0.4, -0.2) is 46.6 Å². The highest BCUT2D eigenvalue weighted by molar-refractivity contribution is 5.86. The van der Waals surface area contributed by atoms with Crippen LogP contribution < -0.4 is 5.32 Å². The van der Waals surface area contributed by atoms with Crippen LogP contribution in [-0.2, 0) is 4.79 Å². The zero-order valence-corrected chi connectivity index (χ0v) is 11.3. The Bertz CT molecular complexity index is 550. The summed E-state index contributed by atoms with van der Waals surface area (Å²) in [6.07, 6.45) is 1.27. The molecule has 0 aromatic heterocycles. The molecule has 0 radical (unpaired) electrons. The van der Waals surface area contributed by atoms with Crippen LogP contribution in [0, 0.1) is 15.9 Å². The molecule has 2 N–H and O–H groups in total. The van der Waals surface area contributed by atoms with Gasteiger partial charge in [-0.1, -0.05) is 0 Å². The number of halogens is 1. The van der Waals surface area contributed by atoms with Crippen molar-refractivity contribution in [3.8, 4) is 0 Å². The van der Waals surface area contributed by atoms with E-state index in [2.05, 4.69) is 5.32 Å². The Morgan fingerprint density at radius 2 is 2.29 bits per heavy atom. The second-order valence-electron chi connectivity index (χ2n) is 4.81. The van der Waals surface area contributed by atoms with Gasteiger partial charge >= 0.3 is 0 Å². The molecular weight excluding hydrogens is 281 g/mol. The van der Waals surface area contributed by atoms with E-state index in [1.165, 1.54) is 11.0 Å². The number of anilines is 1. The van der Waals surface area contributed by atoms with E-state index in [4.69, 9.17) is 5.11 Å². The second-order valence-corrected chi connectivity index (χ2v) is 4.81. The lowest BCUT2D eigenvalue weighted by Gasteiger charge is -2.32. The maximum absolute atomic E-state index is 13.1. The lowest BCUT2D eigenvalue weighted by atomic mass is 10.0. The van der Waals surface area contributed by atoms with Crippen LogP contribution in [0.4, 0.5) is 15.8 Å². The number of amides is 1. The first-order chi connectivity index (χ1) is 10.0. The van der Waals surface area contributed by atoms with E-state index in [-0.39, 0.29) is 24.7 Å². The number of carbonyl (C=O) groups excluding carboxylic acids is 1. The minimum absolute atomic E-state index is 0.116. The topological polar surface area (TPSA) is 95.7 Å². The smallest absolute Gasteiger partial charge is 0.295 e. The third-order valence-electron chi connectivity index (χ3n) is 3.39. The van der Waals surface area contributed by atoms with Crippen molar-refractivity contribution < 1.29 is 19.2 Å². The largest absolute Gasteiger partial charge is 0.395 e. The van der Waals surface area contributed by atoms with Crippen molar-refractivity contribution in [2.45, 2.75) is 18.9 Å². The molecule has 2 rings (SSSR count). The minimum Gasteiger partial charge on any atom is -0.395 e. The van der Waals surface area contributed by atoms with Crippen molar-refractivity contribution in [1.29, 1.82) is 0 Å². The van der Waals surface area contributed by atoms with Gasteiger partial charge in [0.05, 0.1) is 17.6 Å². The van der Waals surface area contributed by atoms with Gasteiger partial charge in [0.2, 0.25) is 5.91 Å². The number of β-amino-alcohol motifs (C(OH)–C–C–N with tert-alkyl or cyclic N) is 1. The molecule has 1 aromatic rings. The quantitative estimate of drug-likeness (QED) is 0.627. The number of nitrogens with one attached hydrogen (secondary N) is 1. The van der Waals surface area contributed by atoms with Crippen LogP contribution in [0.5, 0.6) is 0 Å². The highest BCUT2D eigenvalue weighted by Crippen LogP contribution is 2.27. The number of nitro groups is 1. The van der Waals surface area contributed by atoms with Crippen molar-refractivity contribution in [3.63, 3.8) is 0 Å². The summed E-state index contributed by atoms with van der Waals surface area (Å²) in [6, 6.07) is 2.58. The Labute approximate surface area is 120 Å². The average Bonchev–Trinajstić information content (AvgIpc) is 2.45. The lowest BCUT2D eigenvalue weighted by Crippen LogP contribution is -2.48.